The van der Waals surface area contributed by atoms with Crippen LogP contribution in [0, 0.1) is 0 Å². The summed E-state index contributed by atoms with van der Waals surface area (Å²) in [5, 5.41) is 11.3. The molecule has 4 rings (SSSR count). The second-order valence-corrected chi connectivity index (χ2v) is 8.33. The number of hydrogen-bond donors (Lipinski definition) is 1. The van der Waals surface area contributed by atoms with Gasteiger partial charge in [-0.05, 0) is 43.2 Å². The van der Waals surface area contributed by atoms with Crippen molar-refractivity contribution in [3.05, 3.63) is 71.8 Å². The molecule has 1 N–H and O–H groups in total. The van der Waals surface area contributed by atoms with E-state index in [1.807, 2.05) is 0 Å². The number of benzene rings is 2. The Kier molecular flexibility index (Phi) is 5.92. The number of nitrogens with zero attached hydrogens (tertiary/aromatic N) is 1. The van der Waals surface area contributed by atoms with Crippen molar-refractivity contribution in [3.8, 4) is 0 Å². The second-order valence-electron chi connectivity index (χ2n) is 8.33. The molecule has 2 fully saturated rings. The Balaban J connectivity index is 1.31. The van der Waals surface area contributed by atoms with Gasteiger partial charge in [-0.2, -0.15) is 0 Å². The van der Waals surface area contributed by atoms with Crippen LogP contribution in [-0.4, -0.2) is 40.9 Å². The molecule has 2 aliphatic rings. The zero-order valence-electron chi connectivity index (χ0n) is 16.1. The topological polar surface area (TPSA) is 32.7 Å². The minimum Gasteiger partial charge on any atom is -0.390 e. The lowest BCUT2D eigenvalue weighted by atomic mass is 9.78. The fourth-order valence-electron chi connectivity index (χ4n) is 4.83. The molecule has 0 spiro atoms. The summed E-state index contributed by atoms with van der Waals surface area (Å²) in [6.45, 7) is 2.45. The van der Waals surface area contributed by atoms with Crippen molar-refractivity contribution in [1.82, 2.24) is 4.90 Å². The zero-order chi connectivity index (χ0) is 18.5. The van der Waals surface area contributed by atoms with Gasteiger partial charge in [-0.25, -0.2) is 0 Å². The summed E-state index contributed by atoms with van der Waals surface area (Å²) in [6.07, 6.45) is 5.92. The lowest BCUT2D eigenvalue weighted by Gasteiger charge is -2.52. The molecule has 2 unspecified atom stereocenters. The van der Waals surface area contributed by atoms with Gasteiger partial charge in [0.25, 0.3) is 0 Å². The van der Waals surface area contributed by atoms with Crippen LogP contribution < -0.4 is 0 Å². The average molecular weight is 366 g/mol. The third-order valence-corrected chi connectivity index (χ3v) is 6.20. The first-order valence-corrected chi connectivity index (χ1v) is 10.4. The first kappa shape index (κ1) is 18.7. The molecular weight excluding hydrogens is 334 g/mol. The highest BCUT2D eigenvalue weighted by molar-refractivity contribution is 5.16. The monoisotopic (exact) mass is 365 g/mol. The Morgan fingerprint density at radius 2 is 1.44 bits per heavy atom. The van der Waals surface area contributed by atoms with Crippen LogP contribution >= 0.6 is 0 Å². The van der Waals surface area contributed by atoms with E-state index in [2.05, 4.69) is 65.6 Å². The van der Waals surface area contributed by atoms with Crippen molar-refractivity contribution in [1.29, 1.82) is 0 Å². The first-order valence-electron chi connectivity index (χ1n) is 10.4. The summed E-state index contributed by atoms with van der Waals surface area (Å²) >= 11 is 0. The van der Waals surface area contributed by atoms with Gasteiger partial charge in [-0.3, -0.25) is 4.90 Å². The number of aryl methyl sites for hydroxylation is 1. The van der Waals surface area contributed by atoms with Gasteiger partial charge in [0, 0.05) is 18.6 Å². The van der Waals surface area contributed by atoms with E-state index in [9.17, 15) is 5.11 Å². The van der Waals surface area contributed by atoms with E-state index < -0.39 is 5.60 Å². The van der Waals surface area contributed by atoms with Crippen molar-refractivity contribution in [3.63, 3.8) is 0 Å². The van der Waals surface area contributed by atoms with Gasteiger partial charge >= 0.3 is 0 Å². The van der Waals surface area contributed by atoms with E-state index in [0.29, 0.717) is 12.1 Å². The Morgan fingerprint density at radius 1 is 0.852 bits per heavy atom. The number of unbranched alkanes of at least 4 members (excludes halogenated alkanes) is 1. The van der Waals surface area contributed by atoms with Crippen LogP contribution in [0.4, 0.5) is 0 Å². The number of fused-ring (bicyclic) bond motifs is 2. The highest BCUT2D eigenvalue weighted by atomic mass is 16.5. The van der Waals surface area contributed by atoms with Gasteiger partial charge in [-0.1, -0.05) is 67.1 Å². The zero-order valence-corrected chi connectivity index (χ0v) is 16.1. The van der Waals surface area contributed by atoms with Crippen LogP contribution in [0.3, 0.4) is 0 Å². The van der Waals surface area contributed by atoms with Crippen molar-refractivity contribution in [2.75, 3.05) is 13.2 Å². The fraction of sp³-hybridized carbons (Fsp3) is 0.500. The summed E-state index contributed by atoms with van der Waals surface area (Å²) in [6, 6.07) is 22.0. The molecule has 2 bridgehead atoms. The van der Waals surface area contributed by atoms with Gasteiger partial charge in [-0.15, -0.1) is 0 Å². The molecule has 0 aliphatic carbocycles. The lowest BCUT2D eigenvalue weighted by molar-refractivity contribution is -0.148. The number of ether oxygens (including phenoxy) is 1. The predicted octanol–water partition coefficient (Wildman–Crippen LogP) is 4.19. The SMILES string of the molecule is OC1(CCCCc2ccccc2)CC2COCC(C1)N2Cc1ccccc1. The van der Waals surface area contributed by atoms with E-state index >= 15 is 0 Å². The van der Waals surface area contributed by atoms with Gasteiger partial charge in [0.2, 0.25) is 0 Å². The highest BCUT2D eigenvalue weighted by Gasteiger charge is 2.45. The van der Waals surface area contributed by atoms with E-state index in [4.69, 9.17) is 4.74 Å². The van der Waals surface area contributed by atoms with E-state index in [0.717, 1.165) is 58.3 Å². The normalized spacial score (nSPS) is 28.2. The summed E-state index contributed by atoms with van der Waals surface area (Å²) < 4.78 is 5.83. The lowest BCUT2D eigenvalue weighted by Crippen LogP contribution is -2.61. The van der Waals surface area contributed by atoms with Gasteiger partial charge in [0.1, 0.15) is 0 Å². The van der Waals surface area contributed by atoms with Crippen molar-refractivity contribution in [2.24, 2.45) is 0 Å². The number of rotatable bonds is 7. The summed E-state index contributed by atoms with van der Waals surface area (Å²) in [5.74, 6) is 0. The molecular formula is C24H31NO2. The van der Waals surface area contributed by atoms with Crippen LogP contribution in [0.25, 0.3) is 0 Å². The molecule has 3 nitrogen and oxygen atoms in total. The molecule has 144 valence electrons. The van der Waals surface area contributed by atoms with Crippen LogP contribution in [-0.2, 0) is 17.7 Å². The number of hydrogen-bond acceptors (Lipinski definition) is 3. The van der Waals surface area contributed by atoms with Crippen LogP contribution in [0.5, 0.6) is 0 Å². The summed E-state index contributed by atoms with van der Waals surface area (Å²) in [7, 11) is 0. The molecule has 2 heterocycles. The van der Waals surface area contributed by atoms with Crippen LogP contribution in [0.15, 0.2) is 60.7 Å². The van der Waals surface area contributed by atoms with Crippen molar-refractivity contribution in [2.45, 2.75) is 62.8 Å². The van der Waals surface area contributed by atoms with Gasteiger partial charge < -0.3 is 9.84 Å². The van der Waals surface area contributed by atoms with Crippen molar-refractivity contribution < 1.29 is 9.84 Å². The largest absolute Gasteiger partial charge is 0.390 e. The molecule has 3 heteroatoms. The molecule has 2 aromatic rings. The maximum absolute atomic E-state index is 11.3. The van der Waals surface area contributed by atoms with E-state index in [1.54, 1.807) is 0 Å². The molecule has 0 aromatic heterocycles. The minimum atomic E-state index is -0.525. The van der Waals surface area contributed by atoms with Crippen LogP contribution in [0.1, 0.15) is 43.2 Å². The van der Waals surface area contributed by atoms with Gasteiger partial charge in [0.05, 0.1) is 18.8 Å². The molecule has 27 heavy (non-hydrogen) atoms. The van der Waals surface area contributed by atoms with E-state index in [-0.39, 0.29) is 0 Å². The maximum atomic E-state index is 11.3. The molecule has 2 aliphatic heterocycles. The van der Waals surface area contributed by atoms with E-state index in [1.165, 1.54) is 11.1 Å². The van der Waals surface area contributed by atoms with Crippen molar-refractivity contribution >= 4 is 0 Å². The molecule has 0 radical (unpaired) electrons. The molecule has 0 saturated carbocycles. The minimum absolute atomic E-state index is 0.330. The third-order valence-electron chi connectivity index (χ3n) is 6.20. The summed E-state index contributed by atoms with van der Waals surface area (Å²) in [5.41, 5.74) is 2.22. The standard InChI is InChI=1S/C24H31NO2/c26-24(14-8-7-11-20-9-3-1-4-10-20)15-22-18-27-19-23(16-24)25(22)17-21-12-5-2-6-13-21/h1-6,9-10,12-13,22-23,26H,7-8,11,14-19H2. The Labute approximate surface area is 163 Å². The third kappa shape index (κ3) is 4.78. The first-order chi connectivity index (χ1) is 13.2. The molecule has 2 aromatic carbocycles. The summed E-state index contributed by atoms with van der Waals surface area (Å²) in [4.78, 5) is 2.57. The maximum Gasteiger partial charge on any atom is 0.0679 e. The smallest absolute Gasteiger partial charge is 0.0679 e. The van der Waals surface area contributed by atoms with Crippen LogP contribution in [0.2, 0.25) is 0 Å². The highest BCUT2D eigenvalue weighted by Crippen LogP contribution is 2.38. The number of aliphatic hydroxyl groups is 1. The molecule has 0 amide bonds. The Hall–Kier alpha value is -1.68. The molecule has 2 saturated heterocycles. The quantitative estimate of drug-likeness (QED) is 0.747. The number of morpholine rings is 1. The van der Waals surface area contributed by atoms with Gasteiger partial charge in [0.15, 0.2) is 0 Å². The second kappa shape index (κ2) is 8.55. The average Bonchev–Trinajstić information content (AvgIpc) is 2.68. The molecule has 2 atom stereocenters. The number of piperidine rings is 1. The Morgan fingerprint density at radius 3 is 2.07 bits per heavy atom. The Bertz CT molecular complexity index is 689. The predicted molar refractivity (Wildman–Crippen MR) is 109 cm³/mol. The fourth-order valence-corrected chi connectivity index (χ4v) is 4.83.